The van der Waals surface area contributed by atoms with Crippen LogP contribution in [0.3, 0.4) is 0 Å². The first-order valence-corrected chi connectivity index (χ1v) is 11.2. The second-order valence-electron chi connectivity index (χ2n) is 8.19. The van der Waals surface area contributed by atoms with Crippen molar-refractivity contribution in [2.24, 2.45) is 0 Å². The van der Waals surface area contributed by atoms with E-state index in [1.807, 2.05) is 74.6 Å². The van der Waals surface area contributed by atoms with Gasteiger partial charge in [0.2, 0.25) is 0 Å². The highest BCUT2D eigenvalue weighted by molar-refractivity contribution is 5.95. The van der Waals surface area contributed by atoms with Gasteiger partial charge in [0.25, 0.3) is 0 Å². The van der Waals surface area contributed by atoms with Crippen molar-refractivity contribution in [1.82, 2.24) is 20.4 Å². The molecule has 1 aliphatic rings. The summed E-state index contributed by atoms with van der Waals surface area (Å²) >= 11 is 0. The van der Waals surface area contributed by atoms with Gasteiger partial charge < -0.3 is 20.1 Å². The first-order valence-electron chi connectivity index (χ1n) is 11.2. The molecule has 0 aliphatic carbocycles. The lowest BCUT2D eigenvalue weighted by Gasteiger charge is -2.27. The average molecular weight is 461 g/mol. The molecule has 0 bridgehead atoms. The summed E-state index contributed by atoms with van der Waals surface area (Å²) in [4.78, 5) is 25.3. The standard InChI is InChI=1S/C26H28N4O4/c1-5-33-25(31)22-17(4)27-26(32)28-24(22)21-15-30(19-9-7-6-8-10-19)29-23(21)18-11-13-20(14-12-18)34-16(2)3/h6-16,24H,5H2,1-4H3,(H2,27,28,32). The number of carbonyl (C=O) groups excluding carboxylic acids is 2. The van der Waals surface area contributed by atoms with Crippen molar-refractivity contribution in [1.29, 1.82) is 0 Å². The minimum atomic E-state index is -0.730. The van der Waals surface area contributed by atoms with Crippen LogP contribution in [-0.4, -0.2) is 34.5 Å². The molecule has 0 saturated carbocycles. The lowest BCUT2D eigenvalue weighted by Crippen LogP contribution is -2.45. The van der Waals surface area contributed by atoms with Gasteiger partial charge in [-0.25, -0.2) is 14.3 Å². The fourth-order valence-electron chi connectivity index (χ4n) is 3.91. The minimum Gasteiger partial charge on any atom is -0.491 e. The Labute approximate surface area is 198 Å². The van der Waals surface area contributed by atoms with Crippen LogP contribution in [0, 0.1) is 0 Å². The van der Waals surface area contributed by atoms with Crippen molar-refractivity contribution < 1.29 is 19.1 Å². The first kappa shape index (κ1) is 23.1. The van der Waals surface area contributed by atoms with Gasteiger partial charge in [0, 0.05) is 23.0 Å². The molecule has 2 aromatic carbocycles. The van der Waals surface area contributed by atoms with Crippen molar-refractivity contribution >= 4 is 12.0 Å². The third kappa shape index (κ3) is 4.80. The monoisotopic (exact) mass is 460 g/mol. The van der Waals surface area contributed by atoms with E-state index in [1.165, 1.54) is 0 Å². The number of nitrogens with one attached hydrogen (secondary N) is 2. The van der Waals surface area contributed by atoms with E-state index < -0.39 is 18.0 Å². The molecule has 3 aromatic rings. The number of hydrogen-bond donors (Lipinski definition) is 2. The molecule has 1 unspecified atom stereocenters. The van der Waals surface area contributed by atoms with Gasteiger partial charge in [-0.3, -0.25) is 0 Å². The molecule has 0 radical (unpaired) electrons. The number of amides is 2. The summed E-state index contributed by atoms with van der Waals surface area (Å²) in [5.41, 5.74) is 3.80. The van der Waals surface area contributed by atoms with E-state index in [-0.39, 0.29) is 12.7 Å². The summed E-state index contributed by atoms with van der Waals surface area (Å²) < 4.78 is 12.8. The van der Waals surface area contributed by atoms with Crippen molar-refractivity contribution in [3.63, 3.8) is 0 Å². The van der Waals surface area contributed by atoms with Crippen LogP contribution in [-0.2, 0) is 9.53 Å². The van der Waals surface area contributed by atoms with E-state index in [0.717, 1.165) is 17.0 Å². The summed E-state index contributed by atoms with van der Waals surface area (Å²) in [7, 11) is 0. The molecule has 8 nitrogen and oxygen atoms in total. The molecule has 2 heterocycles. The lowest BCUT2D eigenvalue weighted by molar-refractivity contribution is -0.139. The number of allylic oxidation sites excluding steroid dienone is 1. The van der Waals surface area contributed by atoms with Crippen molar-refractivity contribution in [2.45, 2.75) is 39.8 Å². The molecule has 0 spiro atoms. The number of hydrogen-bond acceptors (Lipinski definition) is 5. The number of urea groups is 1. The second-order valence-corrected chi connectivity index (χ2v) is 8.19. The summed E-state index contributed by atoms with van der Waals surface area (Å²) in [6.45, 7) is 7.61. The number of carbonyl (C=O) groups is 2. The van der Waals surface area contributed by atoms with Crippen LogP contribution in [0.15, 0.2) is 72.1 Å². The molecule has 2 N–H and O–H groups in total. The SMILES string of the molecule is CCOC(=O)C1=C(C)NC(=O)NC1c1cn(-c2ccccc2)nc1-c1ccc(OC(C)C)cc1. The number of nitrogens with zero attached hydrogens (tertiary/aromatic N) is 2. The molecule has 0 fully saturated rings. The van der Waals surface area contributed by atoms with Gasteiger partial charge in [0.1, 0.15) is 5.75 Å². The minimum absolute atomic E-state index is 0.0592. The largest absolute Gasteiger partial charge is 0.491 e. The molecule has 8 heteroatoms. The molecule has 34 heavy (non-hydrogen) atoms. The van der Waals surface area contributed by atoms with Gasteiger partial charge >= 0.3 is 12.0 Å². The number of rotatable bonds is 7. The third-order valence-corrected chi connectivity index (χ3v) is 5.34. The van der Waals surface area contributed by atoms with E-state index in [1.54, 1.807) is 18.5 Å². The highest BCUT2D eigenvalue weighted by Crippen LogP contribution is 2.35. The number of benzene rings is 2. The Hall–Kier alpha value is -4.07. The quantitative estimate of drug-likeness (QED) is 0.506. The maximum Gasteiger partial charge on any atom is 0.338 e. The zero-order valence-corrected chi connectivity index (χ0v) is 19.7. The van der Waals surface area contributed by atoms with E-state index in [0.29, 0.717) is 22.5 Å². The lowest BCUT2D eigenvalue weighted by atomic mass is 9.94. The molecular formula is C26H28N4O4. The Balaban J connectivity index is 1.85. The zero-order valence-electron chi connectivity index (χ0n) is 19.7. The highest BCUT2D eigenvalue weighted by atomic mass is 16.5. The average Bonchev–Trinajstić information content (AvgIpc) is 3.25. The Kier molecular flexibility index (Phi) is 6.67. The maximum absolute atomic E-state index is 12.9. The van der Waals surface area contributed by atoms with Crippen LogP contribution in [0.5, 0.6) is 5.75 Å². The number of aromatic nitrogens is 2. The van der Waals surface area contributed by atoms with E-state index in [9.17, 15) is 9.59 Å². The van der Waals surface area contributed by atoms with Crippen LogP contribution < -0.4 is 15.4 Å². The molecule has 0 saturated heterocycles. The Bertz CT molecular complexity index is 1210. The third-order valence-electron chi connectivity index (χ3n) is 5.34. The summed E-state index contributed by atoms with van der Waals surface area (Å²) in [5, 5.41) is 10.4. The van der Waals surface area contributed by atoms with E-state index in [2.05, 4.69) is 10.6 Å². The van der Waals surface area contributed by atoms with Crippen LogP contribution in [0.4, 0.5) is 4.79 Å². The first-order chi connectivity index (χ1) is 16.4. The predicted molar refractivity (Wildman–Crippen MR) is 129 cm³/mol. The van der Waals surface area contributed by atoms with Gasteiger partial charge in [-0.2, -0.15) is 5.10 Å². The summed E-state index contributed by atoms with van der Waals surface area (Å²) in [5.74, 6) is 0.262. The number of para-hydroxylation sites is 1. The molecule has 1 atom stereocenters. The smallest absolute Gasteiger partial charge is 0.338 e. The van der Waals surface area contributed by atoms with Crippen LogP contribution >= 0.6 is 0 Å². The van der Waals surface area contributed by atoms with Crippen molar-refractivity contribution in [2.75, 3.05) is 6.61 Å². The molecular weight excluding hydrogens is 432 g/mol. The second kappa shape index (κ2) is 9.82. The van der Waals surface area contributed by atoms with Crippen molar-refractivity contribution in [3.05, 3.63) is 77.6 Å². The molecule has 2 amide bonds. The Morgan fingerprint density at radius 2 is 1.82 bits per heavy atom. The zero-order chi connectivity index (χ0) is 24.2. The normalized spacial score (nSPS) is 15.7. The topological polar surface area (TPSA) is 94.5 Å². The molecule has 176 valence electrons. The molecule has 1 aromatic heterocycles. The van der Waals surface area contributed by atoms with E-state index in [4.69, 9.17) is 14.6 Å². The number of esters is 1. The fraction of sp³-hybridized carbons (Fsp3) is 0.269. The summed E-state index contributed by atoms with van der Waals surface area (Å²) in [6, 6.07) is 16.1. The predicted octanol–water partition coefficient (Wildman–Crippen LogP) is 4.52. The molecule has 4 rings (SSSR count). The Morgan fingerprint density at radius 3 is 2.47 bits per heavy atom. The van der Waals surface area contributed by atoms with Gasteiger partial charge in [-0.15, -0.1) is 0 Å². The van der Waals surface area contributed by atoms with Crippen LogP contribution in [0.25, 0.3) is 16.9 Å². The van der Waals surface area contributed by atoms with Gasteiger partial charge in [0.15, 0.2) is 0 Å². The fourth-order valence-corrected chi connectivity index (χ4v) is 3.91. The highest BCUT2D eigenvalue weighted by Gasteiger charge is 2.35. The van der Waals surface area contributed by atoms with Gasteiger partial charge in [-0.1, -0.05) is 18.2 Å². The van der Waals surface area contributed by atoms with E-state index >= 15 is 0 Å². The number of ether oxygens (including phenoxy) is 2. The molecule has 1 aliphatic heterocycles. The van der Waals surface area contributed by atoms with Gasteiger partial charge in [-0.05, 0) is 64.1 Å². The summed E-state index contributed by atoms with van der Waals surface area (Å²) in [6.07, 6.45) is 1.90. The van der Waals surface area contributed by atoms with Crippen molar-refractivity contribution in [3.8, 4) is 22.7 Å². The van der Waals surface area contributed by atoms with Crippen LogP contribution in [0.1, 0.15) is 39.3 Å². The maximum atomic E-state index is 12.9. The van der Waals surface area contributed by atoms with Gasteiger partial charge in [0.05, 0.1) is 35.7 Å². The Morgan fingerprint density at radius 1 is 1.12 bits per heavy atom. The van der Waals surface area contributed by atoms with Crippen LogP contribution in [0.2, 0.25) is 0 Å².